The number of hydrogen-bond donors (Lipinski definition) is 0. The number of anilines is 1. The standard InChI is InChI=1S/C11H15N3O3/c1-4-17-11(16)7-9(15)8-5-6-10(13-12-8)14(2)3/h5-6H,4,7H2,1-3H3. The Morgan fingerprint density at radius 1 is 1.29 bits per heavy atom. The third kappa shape index (κ3) is 3.82. The van der Waals surface area contributed by atoms with E-state index in [1.54, 1.807) is 24.0 Å². The first kappa shape index (κ1) is 13.1. The van der Waals surface area contributed by atoms with Crippen LogP contribution < -0.4 is 4.90 Å². The van der Waals surface area contributed by atoms with Crippen molar-refractivity contribution in [1.82, 2.24) is 10.2 Å². The Balaban J connectivity index is 2.67. The van der Waals surface area contributed by atoms with Gasteiger partial charge in [0.25, 0.3) is 0 Å². The fourth-order valence-electron chi connectivity index (χ4n) is 1.15. The Bertz CT molecular complexity index is 401. The molecule has 1 rings (SSSR count). The lowest BCUT2D eigenvalue weighted by atomic mass is 10.2. The Kier molecular flexibility index (Phi) is 4.56. The monoisotopic (exact) mass is 237 g/mol. The van der Waals surface area contributed by atoms with E-state index in [-0.39, 0.29) is 24.5 Å². The summed E-state index contributed by atoms with van der Waals surface area (Å²) in [5.74, 6) is -0.282. The van der Waals surface area contributed by atoms with E-state index < -0.39 is 5.97 Å². The first-order valence-electron chi connectivity index (χ1n) is 5.24. The van der Waals surface area contributed by atoms with Crippen molar-refractivity contribution in [2.75, 3.05) is 25.6 Å². The number of nitrogens with zero attached hydrogens (tertiary/aromatic N) is 3. The molecule has 0 radical (unpaired) electrons. The van der Waals surface area contributed by atoms with Crippen LogP contribution in [0.3, 0.4) is 0 Å². The van der Waals surface area contributed by atoms with Crippen LogP contribution in [-0.4, -0.2) is 42.7 Å². The summed E-state index contributed by atoms with van der Waals surface area (Å²) in [5, 5.41) is 7.62. The highest BCUT2D eigenvalue weighted by Crippen LogP contribution is 2.07. The maximum absolute atomic E-state index is 11.6. The number of Topliss-reactive ketones (excluding diaryl/α,β-unsaturated/α-hetero) is 1. The molecule has 1 heterocycles. The summed E-state index contributed by atoms with van der Waals surface area (Å²) in [6.07, 6.45) is -0.302. The van der Waals surface area contributed by atoms with Gasteiger partial charge in [0, 0.05) is 14.1 Å². The molecule has 0 fully saturated rings. The Morgan fingerprint density at radius 2 is 2.00 bits per heavy atom. The summed E-state index contributed by atoms with van der Waals surface area (Å²) in [6, 6.07) is 3.22. The third-order valence-corrected chi connectivity index (χ3v) is 2.00. The summed E-state index contributed by atoms with van der Waals surface area (Å²) < 4.78 is 4.68. The second-order valence-corrected chi connectivity index (χ2v) is 3.58. The molecule has 6 heteroatoms. The molecule has 0 amide bonds. The molecule has 0 spiro atoms. The molecule has 0 unspecified atom stereocenters. The number of aromatic nitrogens is 2. The fourth-order valence-corrected chi connectivity index (χ4v) is 1.15. The van der Waals surface area contributed by atoms with Gasteiger partial charge in [-0.3, -0.25) is 9.59 Å². The van der Waals surface area contributed by atoms with Crippen LogP contribution in [0.5, 0.6) is 0 Å². The second kappa shape index (κ2) is 5.93. The van der Waals surface area contributed by atoms with Crippen LogP contribution in [0.25, 0.3) is 0 Å². The van der Waals surface area contributed by atoms with Gasteiger partial charge in [-0.15, -0.1) is 10.2 Å². The zero-order valence-corrected chi connectivity index (χ0v) is 10.1. The maximum Gasteiger partial charge on any atom is 0.313 e. The van der Waals surface area contributed by atoms with Crippen molar-refractivity contribution in [3.63, 3.8) is 0 Å². The number of ketones is 1. The number of carbonyl (C=O) groups excluding carboxylic acids is 2. The summed E-state index contributed by atoms with van der Waals surface area (Å²) in [5.41, 5.74) is 0.170. The molecule has 0 atom stereocenters. The Labute approximate surface area is 99.6 Å². The summed E-state index contributed by atoms with van der Waals surface area (Å²) >= 11 is 0. The van der Waals surface area contributed by atoms with Crippen molar-refractivity contribution >= 4 is 17.6 Å². The average Bonchev–Trinajstić information content (AvgIpc) is 2.29. The van der Waals surface area contributed by atoms with Gasteiger partial charge in [-0.25, -0.2) is 0 Å². The number of carbonyl (C=O) groups is 2. The van der Waals surface area contributed by atoms with Crippen molar-refractivity contribution in [2.45, 2.75) is 13.3 Å². The minimum absolute atomic E-state index is 0.170. The molecule has 0 N–H and O–H groups in total. The molecule has 0 aromatic carbocycles. The van der Waals surface area contributed by atoms with Crippen molar-refractivity contribution in [3.05, 3.63) is 17.8 Å². The molecule has 92 valence electrons. The highest BCUT2D eigenvalue weighted by molar-refractivity contribution is 6.04. The Hall–Kier alpha value is -1.98. The van der Waals surface area contributed by atoms with Crippen LogP contribution >= 0.6 is 0 Å². The number of esters is 1. The smallest absolute Gasteiger partial charge is 0.313 e. The molecular formula is C11H15N3O3. The van der Waals surface area contributed by atoms with E-state index in [4.69, 9.17) is 0 Å². The van der Waals surface area contributed by atoms with Gasteiger partial charge in [-0.05, 0) is 19.1 Å². The van der Waals surface area contributed by atoms with Gasteiger partial charge < -0.3 is 9.64 Å². The maximum atomic E-state index is 11.6. The average molecular weight is 237 g/mol. The molecule has 1 aromatic heterocycles. The van der Waals surface area contributed by atoms with Crippen LogP contribution in [-0.2, 0) is 9.53 Å². The van der Waals surface area contributed by atoms with Crippen molar-refractivity contribution in [2.24, 2.45) is 0 Å². The zero-order chi connectivity index (χ0) is 12.8. The third-order valence-electron chi connectivity index (χ3n) is 2.00. The Morgan fingerprint density at radius 3 is 2.47 bits per heavy atom. The van der Waals surface area contributed by atoms with Crippen molar-refractivity contribution in [3.8, 4) is 0 Å². The highest BCUT2D eigenvalue weighted by atomic mass is 16.5. The molecule has 17 heavy (non-hydrogen) atoms. The van der Waals surface area contributed by atoms with Gasteiger partial charge >= 0.3 is 5.97 Å². The lowest BCUT2D eigenvalue weighted by molar-refractivity contribution is -0.141. The fraction of sp³-hybridized carbons (Fsp3) is 0.455. The van der Waals surface area contributed by atoms with Crippen LogP contribution in [0.2, 0.25) is 0 Å². The number of ether oxygens (including phenoxy) is 1. The first-order chi connectivity index (χ1) is 8.04. The van der Waals surface area contributed by atoms with E-state index in [0.29, 0.717) is 5.82 Å². The SMILES string of the molecule is CCOC(=O)CC(=O)c1ccc(N(C)C)nn1. The minimum Gasteiger partial charge on any atom is -0.466 e. The van der Waals surface area contributed by atoms with Crippen LogP contribution in [0.15, 0.2) is 12.1 Å². The van der Waals surface area contributed by atoms with E-state index in [0.717, 1.165) is 0 Å². The molecule has 0 aliphatic heterocycles. The van der Waals surface area contributed by atoms with E-state index in [1.807, 2.05) is 14.1 Å². The van der Waals surface area contributed by atoms with Crippen LogP contribution in [0, 0.1) is 0 Å². The normalized spacial score (nSPS) is 9.82. The lowest BCUT2D eigenvalue weighted by Crippen LogP contribution is -2.15. The molecule has 0 saturated carbocycles. The summed E-state index contributed by atoms with van der Waals surface area (Å²) in [7, 11) is 3.65. The summed E-state index contributed by atoms with van der Waals surface area (Å²) in [6.45, 7) is 1.95. The topological polar surface area (TPSA) is 72.4 Å². The van der Waals surface area contributed by atoms with Crippen LogP contribution in [0.4, 0.5) is 5.82 Å². The van der Waals surface area contributed by atoms with Gasteiger partial charge in [0.2, 0.25) is 0 Å². The quantitative estimate of drug-likeness (QED) is 0.426. The number of hydrogen-bond acceptors (Lipinski definition) is 6. The molecular weight excluding hydrogens is 222 g/mol. The van der Waals surface area contributed by atoms with Gasteiger partial charge in [-0.2, -0.15) is 0 Å². The van der Waals surface area contributed by atoms with E-state index in [9.17, 15) is 9.59 Å². The predicted octanol–water partition coefficient (Wildman–Crippen LogP) is 0.678. The molecule has 0 aliphatic rings. The lowest BCUT2D eigenvalue weighted by Gasteiger charge is -2.09. The van der Waals surface area contributed by atoms with E-state index >= 15 is 0 Å². The van der Waals surface area contributed by atoms with Gasteiger partial charge in [0.15, 0.2) is 11.6 Å². The highest BCUT2D eigenvalue weighted by Gasteiger charge is 2.14. The molecule has 0 bridgehead atoms. The van der Waals surface area contributed by atoms with Crippen molar-refractivity contribution in [1.29, 1.82) is 0 Å². The first-order valence-corrected chi connectivity index (χ1v) is 5.24. The zero-order valence-electron chi connectivity index (χ0n) is 10.1. The van der Waals surface area contributed by atoms with Crippen LogP contribution in [0.1, 0.15) is 23.8 Å². The van der Waals surface area contributed by atoms with Crippen molar-refractivity contribution < 1.29 is 14.3 Å². The molecule has 6 nitrogen and oxygen atoms in total. The second-order valence-electron chi connectivity index (χ2n) is 3.58. The summed E-state index contributed by atoms with van der Waals surface area (Å²) in [4.78, 5) is 24.5. The van der Waals surface area contributed by atoms with E-state index in [2.05, 4.69) is 14.9 Å². The predicted molar refractivity (Wildman–Crippen MR) is 61.9 cm³/mol. The number of rotatable bonds is 5. The molecule has 0 aliphatic carbocycles. The van der Waals surface area contributed by atoms with E-state index in [1.165, 1.54) is 0 Å². The van der Waals surface area contributed by atoms with Gasteiger partial charge in [-0.1, -0.05) is 0 Å². The minimum atomic E-state index is -0.545. The van der Waals surface area contributed by atoms with Gasteiger partial charge in [0.05, 0.1) is 6.61 Å². The molecule has 0 saturated heterocycles. The molecule has 1 aromatic rings. The largest absolute Gasteiger partial charge is 0.466 e. The van der Waals surface area contributed by atoms with Gasteiger partial charge in [0.1, 0.15) is 12.1 Å².